The third-order valence-electron chi connectivity index (χ3n) is 8.26. The quantitative estimate of drug-likeness (QED) is 0.434. The summed E-state index contributed by atoms with van der Waals surface area (Å²) in [5, 5.41) is 3.19. The van der Waals surface area contributed by atoms with E-state index in [1.165, 1.54) is 18.0 Å². The summed E-state index contributed by atoms with van der Waals surface area (Å²) >= 11 is 0. The molecule has 2 aliphatic heterocycles. The number of halogens is 3. The summed E-state index contributed by atoms with van der Waals surface area (Å²) < 4.78 is 52.1. The van der Waals surface area contributed by atoms with Crippen LogP contribution in [0.2, 0.25) is 0 Å². The summed E-state index contributed by atoms with van der Waals surface area (Å²) in [4.78, 5) is 28.2. The zero-order valence-electron chi connectivity index (χ0n) is 22.3. The van der Waals surface area contributed by atoms with Gasteiger partial charge in [0, 0.05) is 60.9 Å². The molecule has 0 saturated carbocycles. The fourth-order valence-corrected chi connectivity index (χ4v) is 6.18. The van der Waals surface area contributed by atoms with Gasteiger partial charge in [-0.05, 0) is 56.0 Å². The number of anilines is 1. The number of aryl methyl sites for hydroxylation is 2. The molecule has 0 amide bonds. The Balaban J connectivity index is 1.14. The molecule has 40 heavy (non-hydrogen) atoms. The Bertz CT molecular complexity index is 1400. The topological polar surface area (TPSA) is 89.5 Å². The van der Waals surface area contributed by atoms with Crippen LogP contribution in [-0.4, -0.2) is 70.6 Å². The molecule has 0 radical (unpaired) electrons. The van der Waals surface area contributed by atoms with Gasteiger partial charge in [-0.1, -0.05) is 0 Å². The Hall–Kier alpha value is -3.15. The summed E-state index contributed by atoms with van der Waals surface area (Å²) in [6.07, 6.45) is 1.66. The number of ketones is 1. The maximum Gasteiger partial charge on any atom is 0.416 e. The Morgan fingerprint density at radius 2 is 2.05 bits per heavy atom. The number of hydrogen-bond acceptors (Lipinski definition) is 8. The number of pyridine rings is 1. The van der Waals surface area contributed by atoms with E-state index in [2.05, 4.69) is 31.2 Å². The number of hydrogen-bond donors (Lipinski definition) is 1. The number of Topliss-reactive ketones (excluding diaryl/α,β-unsaturated/α-hetero) is 1. The number of nitrogens with zero attached hydrogens (tertiary/aromatic N) is 4. The van der Waals surface area contributed by atoms with Crippen LogP contribution in [0, 0.1) is 12.8 Å². The van der Waals surface area contributed by atoms with E-state index < -0.39 is 11.7 Å². The van der Waals surface area contributed by atoms with Crippen LogP contribution in [0.25, 0.3) is 10.9 Å². The Morgan fingerprint density at radius 1 is 1.18 bits per heavy atom. The summed E-state index contributed by atoms with van der Waals surface area (Å²) in [5.41, 5.74) is 2.99. The first-order chi connectivity index (χ1) is 19.2. The molecule has 4 heterocycles. The van der Waals surface area contributed by atoms with Gasteiger partial charge in [0.25, 0.3) is 0 Å². The molecule has 212 valence electrons. The second-order valence-corrected chi connectivity index (χ2v) is 11.0. The van der Waals surface area contributed by atoms with Crippen molar-refractivity contribution in [3.8, 4) is 0 Å². The number of likely N-dealkylation sites (tertiary alicyclic amines) is 1. The molecular weight excluding hydrogens is 523 g/mol. The Labute approximate surface area is 230 Å². The summed E-state index contributed by atoms with van der Waals surface area (Å²) in [7, 11) is 0. The molecule has 1 N–H and O–H groups in total. The molecule has 1 aromatic carbocycles. The van der Waals surface area contributed by atoms with E-state index in [4.69, 9.17) is 9.47 Å². The van der Waals surface area contributed by atoms with Crippen molar-refractivity contribution in [3.63, 3.8) is 0 Å². The van der Waals surface area contributed by atoms with Gasteiger partial charge in [0.1, 0.15) is 12.1 Å². The fraction of sp³-hybridized carbons (Fsp3) is 0.517. The number of rotatable bonds is 8. The van der Waals surface area contributed by atoms with Crippen molar-refractivity contribution < 1.29 is 27.4 Å². The minimum Gasteiger partial charge on any atom is -0.380 e. The molecule has 0 bridgehead atoms. The van der Waals surface area contributed by atoms with E-state index in [0.29, 0.717) is 24.6 Å². The Morgan fingerprint density at radius 3 is 2.85 bits per heavy atom. The van der Waals surface area contributed by atoms with Gasteiger partial charge >= 0.3 is 6.18 Å². The average Bonchev–Trinajstić information content (AvgIpc) is 3.68. The highest BCUT2D eigenvalue weighted by Crippen LogP contribution is 2.38. The van der Waals surface area contributed by atoms with Gasteiger partial charge in [-0.15, -0.1) is 0 Å². The molecule has 1 aliphatic carbocycles. The van der Waals surface area contributed by atoms with Crippen LogP contribution in [-0.2, 0) is 26.9 Å². The highest BCUT2D eigenvalue weighted by molar-refractivity contribution is 5.91. The molecule has 3 unspecified atom stereocenters. The van der Waals surface area contributed by atoms with Gasteiger partial charge in [-0.3, -0.25) is 14.7 Å². The third kappa shape index (κ3) is 5.68. The SMILES string of the molecule is Cc1cc2c(cn1)C(O[C@H]1CN(C3CCOC3)CC1CC(=O)CNc1ncnc3ccc(C(F)(F)F)cc13)CC2. The number of fused-ring (bicyclic) bond motifs is 2. The number of carbonyl (C=O) groups is 1. The second kappa shape index (κ2) is 11.0. The molecule has 11 heteroatoms. The fourth-order valence-electron chi connectivity index (χ4n) is 6.18. The molecule has 6 rings (SSSR count). The predicted octanol–water partition coefficient (Wildman–Crippen LogP) is 4.52. The van der Waals surface area contributed by atoms with E-state index in [9.17, 15) is 18.0 Å². The molecule has 8 nitrogen and oxygen atoms in total. The van der Waals surface area contributed by atoms with Gasteiger partial charge in [0.15, 0.2) is 5.78 Å². The van der Waals surface area contributed by atoms with E-state index in [1.54, 1.807) is 0 Å². The maximum atomic E-state index is 13.3. The molecule has 3 aliphatic rings. The standard InChI is InChI=1S/C29H32F3N5O3/c1-17-8-18-2-5-26(24(18)12-33-17)40-27-14-37(21-6-7-39-15-21)13-19(27)9-22(38)11-34-28-23-10-20(29(30,31)32)3-4-25(23)35-16-36-28/h3-4,8,10,12,16,19,21,26-27H,2,5-7,9,11,13-15H2,1H3,(H,34,35,36)/t19?,21?,26?,27-/m0/s1. The van der Waals surface area contributed by atoms with E-state index in [-0.39, 0.29) is 41.7 Å². The van der Waals surface area contributed by atoms with Gasteiger partial charge in [-0.25, -0.2) is 9.97 Å². The van der Waals surface area contributed by atoms with E-state index in [0.717, 1.165) is 62.3 Å². The lowest BCUT2D eigenvalue weighted by Crippen LogP contribution is -2.34. The zero-order chi connectivity index (χ0) is 27.9. The Kier molecular flexibility index (Phi) is 7.45. The minimum absolute atomic E-state index is 0.00340. The number of alkyl halides is 3. The highest BCUT2D eigenvalue weighted by atomic mass is 19.4. The van der Waals surface area contributed by atoms with Crippen molar-refractivity contribution in [2.45, 2.75) is 57.0 Å². The minimum atomic E-state index is -4.49. The molecule has 4 atom stereocenters. The molecule has 0 spiro atoms. The number of carbonyl (C=O) groups excluding carboxylic acids is 1. The van der Waals surface area contributed by atoms with Crippen molar-refractivity contribution >= 4 is 22.5 Å². The summed E-state index contributed by atoms with van der Waals surface area (Å²) in [6.45, 7) is 4.84. The smallest absolute Gasteiger partial charge is 0.380 e. The first-order valence-corrected chi connectivity index (χ1v) is 13.7. The van der Waals surface area contributed by atoms with Gasteiger partial charge in [0.05, 0.1) is 36.4 Å². The molecule has 2 aromatic heterocycles. The molecule has 2 saturated heterocycles. The van der Waals surface area contributed by atoms with Crippen molar-refractivity contribution in [1.29, 1.82) is 0 Å². The zero-order valence-corrected chi connectivity index (χ0v) is 22.3. The largest absolute Gasteiger partial charge is 0.416 e. The first-order valence-electron chi connectivity index (χ1n) is 13.7. The van der Waals surface area contributed by atoms with Crippen molar-refractivity contribution in [2.75, 3.05) is 38.2 Å². The predicted molar refractivity (Wildman–Crippen MR) is 142 cm³/mol. The average molecular weight is 556 g/mol. The summed E-state index contributed by atoms with van der Waals surface area (Å²) in [6, 6.07) is 5.76. The molecular formula is C29H32F3N5O3. The van der Waals surface area contributed by atoms with Gasteiger partial charge in [-0.2, -0.15) is 13.2 Å². The van der Waals surface area contributed by atoms with Crippen LogP contribution in [0.15, 0.2) is 36.8 Å². The number of aromatic nitrogens is 3. The number of ether oxygens (including phenoxy) is 2. The maximum absolute atomic E-state index is 13.3. The molecule has 3 aromatic rings. The lowest BCUT2D eigenvalue weighted by Gasteiger charge is -2.24. The van der Waals surface area contributed by atoms with E-state index in [1.807, 2.05) is 13.1 Å². The van der Waals surface area contributed by atoms with Crippen LogP contribution >= 0.6 is 0 Å². The van der Waals surface area contributed by atoms with Crippen LogP contribution in [0.3, 0.4) is 0 Å². The lowest BCUT2D eigenvalue weighted by molar-refractivity contribution is -0.137. The van der Waals surface area contributed by atoms with Crippen LogP contribution in [0.4, 0.5) is 19.0 Å². The van der Waals surface area contributed by atoms with Crippen LogP contribution < -0.4 is 5.32 Å². The van der Waals surface area contributed by atoms with Crippen molar-refractivity contribution in [2.24, 2.45) is 5.92 Å². The number of nitrogens with one attached hydrogen (secondary N) is 1. The summed E-state index contributed by atoms with van der Waals surface area (Å²) in [5.74, 6) is 0.154. The highest BCUT2D eigenvalue weighted by Gasteiger charge is 2.41. The normalized spacial score (nSPS) is 25.0. The third-order valence-corrected chi connectivity index (χ3v) is 8.26. The molecule has 2 fully saturated rings. The van der Waals surface area contributed by atoms with Crippen molar-refractivity contribution in [1.82, 2.24) is 19.9 Å². The number of benzene rings is 1. The lowest BCUT2D eigenvalue weighted by atomic mass is 9.98. The van der Waals surface area contributed by atoms with Crippen molar-refractivity contribution in [3.05, 3.63) is 59.2 Å². The first kappa shape index (κ1) is 27.0. The van der Waals surface area contributed by atoms with Gasteiger partial charge in [0.2, 0.25) is 0 Å². The van der Waals surface area contributed by atoms with Gasteiger partial charge < -0.3 is 14.8 Å². The second-order valence-electron chi connectivity index (χ2n) is 11.0. The van der Waals surface area contributed by atoms with E-state index >= 15 is 0 Å². The van der Waals surface area contributed by atoms with Crippen LogP contribution in [0.5, 0.6) is 0 Å². The monoisotopic (exact) mass is 555 g/mol. The van der Waals surface area contributed by atoms with Crippen LogP contribution in [0.1, 0.15) is 47.8 Å².